The molecule has 1 fully saturated rings. The fraction of sp³-hybridized carbons (Fsp3) is 0.538. The molecule has 2 atom stereocenters. The minimum absolute atomic E-state index is 0.357. The van der Waals surface area contributed by atoms with Crippen molar-refractivity contribution in [1.82, 2.24) is 0 Å². The molecular formula is C13H18BrNOS. The number of ether oxygens (including phenoxy) is 1. The number of hydrogen-bond acceptors (Lipinski definition) is 3. The highest BCUT2D eigenvalue weighted by atomic mass is 79.9. The van der Waals surface area contributed by atoms with E-state index in [9.17, 15) is 0 Å². The van der Waals surface area contributed by atoms with Gasteiger partial charge in [0, 0.05) is 21.2 Å². The van der Waals surface area contributed by atoms with Gasteiger partial charge in [0.05, 0.1) is 6.10 Å². The molecule has 1 heterocycles. The summed E-state index contributed by atoms with van der Waals surface area (Å²) in [6.07, 6.45) is 2.44. The Balaban J connectivity index is 2.05. The van der Waals surface area contributed by atoms with Crippen LogP contribution in [0.25, 0.3) is 0 Å². The van der Waals surface area contributed by atoms with Gasteiger partial charge in [0.15, 0.2) is 0 Å². The van der Waals surface area contributed by atoms with Crippen LogP contribution < -0.4 is 5.73 Å². The Morgan fingerprint density at radius 1 is 1.53 bits per heavy atom. The van der Waals surface area contributed by atoms with Crippen molar-refractivity contribution in [3.05, 3.63) is 28.2 Å². The summed E-state index contributed by atoms with van der Waals surface area (Å²) in [6.45, 7) is 3.75. The third-order valence-electron chi connectivity index (χ3n) is 3.01. The van der Waals surface area contributed by atoms with Crippen LogP contribution in [0, 0.1) is 0 Å². The van der Waals surface area contributed by atoms with E-state index >= 15 is 0 Å². The van der Waals surface area contributed by atoms with E-state index in [1.165, 1.54) is 14.9 Å². The monoisotopic (exact) mass is 315 g/mol. The average Bonchev–Trinajstić information content (AvgIpc) is 2.69. The molecular weight excluding hydrogens is 298 g/mol. The molecule has 1 aromatic rings. The molecule has 0 aliphatic carbocycles. The lowest BCUT2D eigenvalue weighted by molar-refractivity contribution is 0.127. The molecule has 1 aliphatic rings. The first-order valence-electron chi connectivity index (χ1n) is 5.97. The maximum atomic E-state index is 5.59. The van der Waals surface area contributed by atoms with Gasteiger partial charge in [-0.1, -0.05) is 6.07 Å². The number of benzene rings is 1. The van der Waals surface area contributed by atoms with E-state index in [0.29, 0.717) is 17.9 Å². The number of halogens is 1. The molecule has 1 aromatic carbocycles. The first kappa shape index (κ1) is 13.4. The zero-order valence-corrected chi connectivity index (χ0v) is 12.4. The van der Waals surface area contributed by atoms with Crippen molar-refractivity contribution in [2.24, 2.45) is 5.73 Å². The van der Waals surface area contributed by atoms with Gasteiger partial charge >= 0.3 is 0 Å². The largest absolute Gasteiger partial charge is 0.377 e. The normalized spacial score (nSPS) is 24.2. The van der Waals surface area contributed by atoms with Crippen molar-refractivity contribution >= 4 is 27.7 Å². The van der Waals surface area contributed by atoms with Crippen LogP contribution >= 0.6 is 27.7 Å². The van der Waals surface area contributed by atoms with Crippen LogP contribution in [0.5, 0.6) is 0 Å². The van der Waals surface area contributed by atoms with E-state index in [1.807, 2.05) is 11.8 Å². The van der Waals surface area contributed by atoms with Gasteiger partial charge in [-0.15, -0.1) is 11.8 Å². The minimum atomic E-state index is 0.357. The fourth-order valence-electron chi connectivity index (χ4n) is 1.99. The predicted molar refractivity (Wildman–Crippen MR) is 76.6 cm³/mol. The van der Waals surface area contributed by atoms with Crippen molar-refractivity contribution in [2.45, 2.75) is 36.0 Å². The standard InChI is InChI=1S/C13H18BrNOS/c1-9-12(5-7-16-9)17-13-3-2-10(4-6-15)8-11(13)14/h2-3,8-9,12H,4-7,15H2,1H3. The highest BCUT2D eigenvalue weighted by Gasteiger charge is 2.25. The molecule has 1 aliphatic heterocycles. The summed E-state index contributed by atoms with van der Waals surface area (Å²) in [4.78, 5) is 1.30. The van der Waals surface area contributed by atoms with Gasteiger partial charge in [0.25, 0.3) is 0 Å². The molecule has 0 spiro atoms. The highest BCUT2D eigenvalue weighted by molar-refractivity contribution is 9.10. The lowest BCUT2D eigenvalue weighted by Gasteiger charge is -2.15. The van der Waals surface area contributed by atoms with Crippen LogP contribution in [0.4, 0.5) is 0 Å². The van der Waals surface area contributed by atoms with E-state index in [1.54, 1.807) is 0 Å². The molecule has 2 N–H and O–H groups in total. The zero-order chi connectivity index (χ0) is 12.3. The Kier molecular flexibility index (Phi) is 4.91. The Morgan fingerprint density at radius 3 is 2.94 bits per heavy atom. The summed E-state index contributed by atoms with van der Waals surface area (Å²) < 4.78 is 6.76. The van der Waals surface area contributed by atoms with Gasteiger partial charge in [0.1, 0.15) is 0 Å². The summed E-state index contributed by atoms with van der Waals surface area (Å²) in [5, 5.41) is 0.576. The van der Waals surface area contributed by atoms with Crippen molar-refractivity contribution < 1.29 is 4.74 Å². The average molecular weight is 316 g/mol. The summed E-state index contributed by atoms with van der Waals surface area (Å²) in [7, 11) is 0. The topological polar surface area (TPSA) is 35.2 Å². The van der Waals surface area contributed by atoms with Gasteiger partial charge in [-0.05, 0) is 59.9 Å². The van der Waals surface area contributed by atoms with Gasteiger partial charge in [-0.2, -0.15) is 0 Å². The van der Waals surface area contributed by atoms with Crippen LogP contribution in [0.2, 0.25) is 0 Å². The quantitative estimate of drug-likeness (QED) is 0.926. The van der Waals surface area contributed by atoms with Crippen LogP contribution in [0.15, 0.2) is 27.6 Å². The second-order valence-electron chi connectivity index (χ2n) is 4.32. The number of nitrogens with two attached hydrogens (primary N) is 1. The molecule has 0 radical (unpaired) electrons. The molecule has 94 valence electrons. The van der Waals surface area contributed by atoms with Crippen LogP contribution in [0.3, 0.4) is 0 Å². The molecule has 4 heteroatoms. The zero-order valence-electron chi connectivity index (χ0n) is 9.99. The number of rotatable bonds is 4. The van der Waals surface area contributed by atoms with Crippen molar-refractivity contribution in [1.29, 1.82) is 0 Å². The van der Waals surface area contributed by atoms with Crippen molar-refractivity contribution in [2.75, 3.05) is 13.2 Å². The molecule has 1 saturated heterocycles. The maximum absolute atomic E-state index is 5.59. The third kappa shape index (κ3) is 3.47. The van der Waals surface area contributed by atoms with E-state index < -0.39 is 0 Å². The minimum Gasteiger partial charge on any atom is -0.377 e. The Labute approximate surface area is 115 Å². The summed E-state index contributed by atoms with van der Waals surface area (Å²) >= 11 is 5.55. The fourth-order valence-corrected chi connectivity index (χ4v) is 3.83. The predicted octanol–water partition coefficient (Wildman–Crippen LogP) is 3.22. The molecule has 2 rings (SSSR count). The third-order valence-corrected chi connectivity index (χ3v) is 5.46. The first-order chi connectivity index (χ1) is 8.20. The number of thioether (sulfide) groups is 1. The molecule has 2 unspecified atom stereocenters. The Morgan fingerprint density at radius 2 is 2.35 bits per heavy atom. The molecule has 0 amide bonds. The van der Waals surface area contributed by atoms with Gasteiger partial charge in [-0.3, -0.25) is 0 Å². The Bertz CT molecular complexity index is 386. The molecule has 2 nitrogen and oxygen atoms in total. The van der Waals surface area contributed by atoms with E-state index in [0.717, 1.165) is 19.4 Å². The smallest absolute Gasteiger partial charge is 0.0669 e. The van der Waals surface area contributed by atoms with Crippen molar-refractivity contribution in [3.8, 4) is 0 Å². The van der Waals surface area contributed by atoms with Gasteiger partial charge in [0.2, 0.25) is 0 Å². The second kappa shape index (κ2) is 6.23. The Hall–Kier alpha value is -0.0300. The first-order valence-corrected chi connectivity index (χ1v) is 7.64. The van der Waals surface area contributed by atoms with Gasteiger partial charge in [-0.25, -0.2) is 0 Å². The number of hydrogen-bond donors (Lipinski definition) is 1. The molecule has 0 aromatic heterocycles. The summed E-state index contributed by atoms with van der Waals surface area (Å²) in [5.41, 5.74) is 6.85. The van der Waals surface area contributed by atoms with E-state index in [-0.39, 0.29) is 0 Å². The molecule has 17 heavy (non-hydrogen) atoms. The van der Waals surface area contributed by atoms with Crippen LogP contribution in [0.1, 0.15) is 18.9 Å². The van der Waals surface area contributed by atoms with Crippen LogP contribution in [-0.2, 0) is 11.2 Å². The SMILES string of the molecule is CC1OCCC1Sc1ccc(CCN)cc1Br. The van der Waals surface area contributed by atoms with Crippen LogP contribution in [-0.4, -0.2) is 24.5 Å². The summed E-state index contributed by atoms with van der Waals surface area (Å²) in [5.74, 6) is 0. The lowest BCUT2D eigenvalue weighted by Crippen LogP contribution is -2.13. The summed E-state index contributed by atoms with van der Waals surface area (Å²) in [6, 6.07) is 6.53. The van der Waals surface area contributed by atoms with Crippen molar-refractivity contribution in [3.63, 3.8) is 0 Å². The molecule has 0 saturated carbocycles. The highest BCUT2D eigenvalue weighted by Crippen LogP contribution is 2.36. The van der Waals surface area contributed by atoms with E-state index in [2.05, 4.69) is 41.1 Å². The van der Waals surface area contributed by atoms with Gasteiger partial charge < -0.3 is 10.5 Å². The maximum Gasteiger partial charge on any atom is 0.0669 e. The second-order valence-corrected chi connectivity index (χ2v) is 6.46. The van der Waals surface area contributed by atoms with E-state index in [4.69, 9.17) is 10.5 Å². The lowest BCUT2D eigenvalue weighted by atomic mass is 10.2. The molecule has 0 bridgehead atoms.